The Morgan fingerprint density at radius 2 is 1.76 bits per heavy atom. The lowest BCUT2D eigenvalue weighted by Gasteiger charge is -2.21. The number of rotatable bonds is 3. The number of benzene rings is 2. The maximum atomic E-state index is 12.1. The van der Waals surface area contributed by atoms with E-state index in [1.54, 1.807) is 33.9 Å². The number of hydrogen-bond donors (Lipinski definition) is 0. The maximum absolute atomic E-state index is 12.1. The molecule has 0 aromatic heterocycles. The van der Waals surface area contributed by atoms with Crippen LogP contribution in [0.25, 0.3) is 0 Å². The summed E-state index contributed by atoms with van der Waals surface area (Å²) in [5.74, 6) is 6.68. The lowest BCUT2D eigenvalue weighted by molar-refractivity contribution is -0.0173. The van der Waals surface area contributed by atoms with Gasteiger partial charge in [0, 0.05) is 11.1 Å². The van der Waals surface area contributed by atoms with Gasteiger partial charge in [0.2, 0.25) is 0 Å². The zero-order valence-electron chi connectivity index (χ0n) is 14.9. The maximum Gasteiger partial charge on any atom is 0.510 e. The third kappa shape index (κ3) is 6.23. The standard InChI is InChI=1S/C21H22O4/c1-21(2,3)25-20(22)24-19(14-13-16-9-6-5-7-10-16)17-11-8-12-18(15-17)23-4/h5-12,15,19H,1-4H3. The van der Waals surface area contributed by atoms with Crippen LogP contribution in [0, 0.1) is 11.8 Å². The van der Waals surface area contributed by atoms with Crippen molar-refractivity contribution in [1.29, 1.82) is 0 Å². The van der Waals surface area contributed by atoms with Gasteiger partial charge in [-0.3, -0.25) is 0 Å². The lowest BCUT2D eigenvalue weighted by atomic mass is 10.1. The molecular formula is C21H22O4. The van der Waals surface area contributed by atoms with Crippen molar-refractivity contribution >= 4 is 6.16 Å². The van der Waals surface area contributed by atoms with Gasteiger partial charge in [0.05, 0.1) is 7.11 Å². The first-order valence-corrected chi connectivity index (χ1v) is 7.97. The van der Waals surface area contributed by atoms with E-state index in [-0.39, 0.29) is 0 Å². The third-order valence-electron chi connectivity index (χ3n) is 3.12. The Morgan fingerprint density at radius 3 is 2.40 bits per heavy atom. The van der Waals surface area contributed by atoms with E-state index in [0.29, 0.717) is 11.3 Å². The van der Waals surface area contributed by atoms with Crippen LogP contribution in [0.4, 0.5) is 4.79 Å². The Balaban J connectivity index is 2.28. The second-order valence-corrected chi connectivity index (χ2v) is 6.37. The van der Waals surface area contributed by atoms with Crippen LogP contribution in [0.5, 0.6) is 5.75 Å². The zero-order valence-corrected chi connectivity index (χ0v) is 14.9. The smallest absolute Gasteiger partial charge is 0.497 e. The van der Waals surface area contributed by atoms with E-state index >= 15 is 0 Å². The van der Waals surface area contributed by atoms with Gasteiger partial charge in [-0.15, -0.1) is 0 Å². The largest absolute Gasteiger partial charge is 0.510 e. The lowest BCUT2D eigenvalue weighted by Crippen LogP contribution is -2.25. The van der Waals surface area contributed by atoms with E-state index in [0.717, 1.165) is 5.56 Å². The normalized spacial score (nSPS) is 11.7. The van der Waals surface area contributed by atoms with Crippen LogP contribution in [0.2, 0.25) is 0 Å². The summed E-state index contributed by atoms with van der Waals surface area (Å²) in [6.45, 7) is 5.35. The molecule has 0 aliphatic heterocycles. The van der Waals surface area contributed by atoms with Crippen molar-refractivity contribution in [2.45, 2.75) is 32.5 Å². The second kappa shape index (κ2) is 8.25. The monoisotopic (exact) mass is 338 g/mol. The molecule has 0 spiro atoms. The highest BCUT2D eigenvalue weighted by molar-refractivity contribution is 5.61. The second-order valence-electron chi connectivity index (χ2n) is 6.37. The summed E-state index contributed by atoms with van der Waals surface area (Å²) >= 11 is 0. The summed E-state index contributed by atoms with van der Waals surface area (Å²) < 4.78 is 15.9. The van der Waals surface area contributed by atoms with Crippen molar-refractivity contribution < 1.29 is 19.0 Å². The molecule has 0 aliphatic carbocycles. The summed E-state index contributed by atoms with van der Waals surface area (Å²) in [5.41, 5.74) is 0.917. The van der Waals surface area contributed by atoms with E-state index < -0.39 is 17.9 Å². The zero-order chi connectivity index (χ0) is 18.3. The third-order valence-corrected chi connectivity index (χ3v) is 3.12. The molecule has 1 atom stereocenters. The Bertz CT molecular complexity index is 764. The fraction of sp³-hybridized carbons (Fsp3) is 0.286. The first-order valence-electron chi connectivity index (χ1n) is 7.97. The molecule has 2 aromatic carbocycles. The molecule has 0 bridgehead atoms. The van der Waals surface area contributed by atoms with Gasteiger partial charge in [-0.1, -0.05) is 36.3 Å². The highest BCUT2D eigenvalue weighted by Gasteiger charge is 2.21. The molecule has 0 aliphatic rings. The Hall–Kier alpha value is -2.93. The van der Waals surface area contributed by atoms with Crippen molar-refractivity contribution in [3.8, 4) is 17.6 Å². The summed E-state index contributed by atoms with van der Waals surface area (Å²) in [5, 5.41) is 0. The Labute approximate surface area is 148 Å². The van der Waals surface area contributed by atoms with Crippen molar-refractivity contribution in [3.63, 3.8) is 0 Å². The molecular weight excluding hydrogens is 316 g/mol. The molecule has 130 valence electrons. The van der Waals surface area contributed by atoms with Crippen LogP contribution in [-0.4, -0.2) is 18.9 Å². The van der Waals surface area contributed by atoms with Crippen LogP contribution in [-0.2, 0) is 9.47 Å². The minimum absolute atomic E-state index is 0.636. The molecule has 0 fully saturated rings. The van der Waals surface area contributed by atoms with E-state index in [1.165, 1.54) is 0 Å². The van der Waals surface area contributed by atoms with Gasteiger partial charge in [0.25, 0.3) is 0 Å². The van der Waals surface area contributed by atoms with Gasteiger partial charge in [-0.2, -0.15) is 0 Å². The average molecular weight is 338 g/mol. The molecule has 0 heterocycles. The van der Waals surface area contributed by atoms with E-state index in [4.69, 9.17) is 14.2 Å². The number of hydrogen-bond acceptors (Lipinski definition) is 4. The SMILES string of the molecule is COc1cccc(C(C#Cc2ccccc2)OC(=O)OC(C)(C)C)c1. The minimum Gasteiger partial charge on any atom is -0.497 e. The van der Waals surface area contributed by atoms with Crippen LogP contribution >= 0.6 is 0 Å². The number of ether oxygens (including phenoxy) is 3. The summed E-state index contributed by atoms with van der Waals surface area (Å²) in [6.07, 6.45) is -1.52. The Morgan fingerprint density at radius 1 is 1.04 bits per heavy atom. The molecule has 4 heteroatoms. The fourth-order valence-electron chi connectivity index (χ4n) is 2.03. The first-order chi connectivity index (χ1) is 11.9. The molecule has 0 amide bonds. The summed E-state index contributed by atoms with van der Waals surface area (Å²) in [7, 11) is 1.58. The van der Waals surface area contributed by atoms with Crippen LogP contribution in [0.3, 0.4) is 0 Å². The number of carbonyl (C=O) groups excluding carboxylic acids is 1. The molecule has 0 N–H and O–H groups in total. The van der Waals surface area contributed by atoms with Crippen molar-refractivity contribution in [2.75, 3.05) is 7.11 Å². The van der Waals surface area contributed by atoms with Crippen molar-refractivity contribution in [3.05, 3.63) is 65.7 Å². The van der Waals surface area contributed by atoms with Gasteiger partial charge in [-0.05, 0) is 51.0 Å². The average Bonchev–Trinajstić information content (AvgIpc) is 2.58. The summed E-state index contributed by atoms with van der Waals surface area (Å²) in [6, 6.07) is 16.8. The van der Waals surface area contributed by atoms with Crippen LogP contribution in [0.15, 0.2) is 54.6 Å². The van der Waals surface area contributed by atoms with Gasteiger partial charge in [0.15, 0.2) is 6.10 Å². The molecule has 0 saturated heterocycles. The number of methoxy groups -OCH3 is 1. The molecule has 1 unspecified atom stereocenters. The quantitative estimate of drug-likeness (QED) is 0.599. The highest BCUT2D eigenvalue weighted by atomic mass is 16.7. The van der Waals surface area contributed by atoms with E-state index in [1.807, 2.05) is 48.5 Å². The van der Waals surface area contributed by atoms with Gasteiger partial charge in [0.1, 0.15) is 11.4 Å². The molecule has 0 radical (unpaired) electrons. The van der Waals surface area contributed by atoms with Crippen LogP contribution in [0.1, 0.15) is 38.0 Å². The van der Waals surface area contributed by atoms with Gasteiger partial charge in [-0.25, -0.2) is 4.79 Å². The molecule has 2 rings (SSSR count). The Kier molecular flexibility index (Phi) is 6.08. The van der Waals surface area contributed by atoms with Crippen molar-refractivity contribution in [1.82, 2.24) is 0 Å². The molecule has 4 nitrogen and oxygen atoms in total. The molecule has 25 heavy (non-hydrogen) atoms. The van der Waals surface area contributed by atoms with Crippen LogP contribution < -0.4 is 4.74 Å². The van der Waals surface area contributed by atoms with Gasteiger partial charge >= 0.3 is 6.16 Å². The topological polar surface area (TPSA) is 44.8 Å². The van der Waals surface area contributed by atoms with E-state index in [2.05, 4.69) is 11.8 Å². The highest BCUT2D eigenvalue weighted by Crippen LogP contribution is 2.23. The fourth-order valence-corrected chi connectivity index (χ4v) is 2.03. The number of carbonyl (C=O) groups is 1. The van der Waals surface area contributed by atoms with E-state index in [9.17, 15) is 4.79 Å². The molecule has 2 aromatic rings. The minimum atomic E-state index is -0.761. The first kappa shape index (κ1) is 18.4. The predicted molar refractivity (Wildman–Crippen MR) is 96.4 cm³/mol. The van der Waals surface area contributed by atoms with Gasteiger partial charge < -0.3 is 14.2 Å². The molecule has 0 saturated carbocycles. The van der Waals surface area contributed by atoms with Crippen molar-refractivity contribution in [2.24, 2.45) is 0 Å². The summed E-state index contributed by atoms with van der Waals surface area (Å²) in [4.78, 5) is 12.1. The predicted octanol–water partition coefficient (Wildman–Crippen LogP) is 4.74.